The lowest BCUT2D eigenvalue weighted by atomic mass is 10.3. The monoisotopic (exact) mass is 389 g/mol. The van der Waals surface area contributed by atoms with E-state index >= 15 is 0 Å². The second-order valence-corrected chi connectivity index (χ2v) is 8.33. The largest absolute Gasteiger partial charge is 0.494 e. The molecule has 0 aliphatic rings. The Hall–Kier alpha value is -2.31. The molecule has 0 atom stereocenters. The van der Waals surface area contributed by atoms with Crippen LogP contribution in [0, 0.1) is 0 Å². The number of ether oxygens (including phenoxy) is 2. The quantitative estimate of drug-likeness (QED) is 0.491. The van der Waals surface area contributed by atoms with Crippen LogP contribution in [0.4, 0.5) is 0 Å². The van der Waals surface area contributed by atoms with E-state index in [9.17, 15) is 8.42 Å². The van der Waals surface area contributed by atoms with E-state index in [1.165, 1.54) is 5.57 Å². The third-order valence-corrected chi connectivity index (χ3v) is 5.66. The topological polar surface area (TPSA) is 78.6 Å². The molecule has 27 heavy (non-hydrogen) atoms. The summed E-state index contributed by atoms with van der Waals surface area (Å²) in [6.45, 7) is 5.66. The van der Waals surface area contributed by atoms with Crippen LogP contribution >= 0.6 is 0 Å². The van der Waals surface area contributed by atoms with Gasteiger partial charge in [0.25, 0.3) is 0 Å². The third kappa shape index (κ3) is 6.41. The molecule has 0 aliphatic heterocycles. The third-order valence-electron chi connectivity index (χ3n) is 3.88. The number of unbranched alkanes of at least 4 members (excludes halogenated alkanes) is 1. The predicted molar refractivity (Wildman–Crippen MR) is 107 cm³/mol. The van der Waals surface area contributed by atoms with Crippen molar-refractivity contribution in [2.45, 2.75) is 36.5 Å². The van der Waals surface area contributed by atoms with E-state index < -0.39 is 9.84 Å². The average Bonchev–Trinajstić information content (AvgIpc) is 2.66. The first-order valence-corrected chi connectivity index (χ1v) is 10.5. The molecule has 0 bridgehead atoms. The smallest absolute Gasteiger partial charge is 0.206 e. The summed E-state index contributed by atoms with van der Waals surface area (Å²) in [5, 5.41) is 0. The molecule has 146 valence electrons. The number of hydrogen-bond acceptors (Lipinski definition) is 5. The summed E-state index contributed by atoms with van der Waals surface area (Å²) >= 11 is 0. The van der Waals surface area contributed by atoms with Gasteiger partial charge in [-0.05, 0) is 87.8 Å². The Balaban J connectivity index is 2.03. The minimum absolute atomic E-state index is 0.230. The first-order chi connectivity index (χ1) is 12.9. The minimum Gasteiger partial charge on any atom is -0.494 e. The van der Waals surface area contributed by atoms with Crippen molar-refractivity contribution in [1.82, 2.24) is 0 Å². The molecular weight excluding hydrogens is 362 g/mol. The van der Waals surface area contributed by atoms with Gasteiger partial charge in [-0.2, -0.15) is 0 Å². The van der Waals surface area contributed by atoms with E-state index in [2.05, 4.69) is 0 Å². The van der Waals surface area contributed by atoms with E-state index in [4.69, 9.17) is 15.2 Å². The number of nitrogens with two attached hydrogens (primary N) is 1. The van der Waals surface area contributed by atoms with E-state index in [1.54, 1.807) is 48.5 Å². The molecule has 0 amide bonds. The van der Waals surface area contributed by atoms with Crippen LogP contribution in [0.25, 0.3) is 0 Å². The highest BCUT2D eigenvalue weighted by atomic mass is 32.2. The van der Waals surface area contributed by atoms with E-state index in [1.807, 2.05) is 19.9 Å². The van der Waals surface area contributed by atoms with Crippen molar-refractivity contribution in [3.8, 4) is 11.5 Å². The summed E-state index contributed by atoms with van der Waals surface area (Å²) in [5.41, 5.74) is 6.61. The van der Waals surface area contributed by atoms with E-state index in [0.717, 1.165) is 12.8 Å². The molecular formula is C21H27NO4S. The zero-order valence-corrected chi connectivity index (χ0v) is 16.7. The molecule has 0 saturated carbocycles. The van der Waals surface area contributed by atoms with Crippen molar-refractivity contribution in [2.75, 3.05) is 19.8 Å². The normalized spacial score (nSPS) is 11.1. The summed E-state index contributed by atoms with van der Waals surface area (Å²) in [6.07, 6.45) is 3.74. The average molecular weight is 390 g/mol. The van der Waals surface area contributed by atoms with Crippen LogP contribution in [0.1, 0.15) is 26.7 Å². The fourth-order valence-electron chi connectivity index (χ4n) is 2.31. The lowest BCUT2D eigenvalue weighted by Crippen LogP contribution is -2.04. The SMILES string of the molecule is CC(C)=CCOc1ccc(S(=O)(=O)c2ccc(OCCCCN)cc2)cc1. The maximum absolute atomic E-state index is 12.8. The Labute approximate surface area is 161 Å². The number of rotatable bonds is 10. The number of sulfone groups is 1. The molecule has 6 heteroatoms. The van der Waals surface area contributed by atoms with Crippen molar-refractivity contribution in [3.63, 3.8) is 0 Å². The Kier molecular flexibility index (Phi) is 7.88. The lowest BCUT2D eigenvalue weighted by Gasteiger charge is -2.09. The first-order valence-electron chi connectivity index (χ1n) is 8.98. The van der Waals surface area contributed by atoms with Gasteiger partial charge in [0.1, 0.15) is 18.1 Å². The van der Waals surface area contributed by atoms with Gasteiger partial charge in [-0.15, -0.1) is 0 Å². The van der Waals surface area contributed by atoms with Gasteiger partial charge in [0.2, 0.25) is 9.84 Å². The van der Waals surface area contributed by atoms with Crippen LogP contribution in [0.3, 0.4) is 0 Å². The number of benzene rings is 2. The summed E-state index contributed by atoms with van der Waals surface area (Å²) in [4.78, 5) is 0.462. The zero-order valence-electron chi connectivity index (χ0n) is 15.9. The van der Waals surface area contributed by atoms with E-state index in [-0.39, 0.29) is 9.79 Å². The summed E-state index contributed by atoms with van der Waals surface area (Å²) < 4.78 is 36.7. The van der Waals surface area contributed by atoms with Crippen molar-refractivity contribution in [2.24, 2.45) is 5.73 Å². The van der Waals surface area contributed by atoms with Gasteiger partial charge in [0.15, 0.2) is 0 Å². The first kappa shape index (κ1) is 21.0. The highest BCUT2D eigenvalue weighted by Crippen LogP contribution is 2.25. The molecule has 0 spiro atoms. The Morgan fingerprint density at radius 2 is 1.41 bits per heavy atom. The summed E-state index contributed by atoms with van der Waals surface area (Å²) in [6, 6.07) is 12.9. The molecule has 0 radical (unpaired) electrons. The van der Waals surface area contributed by atoms with Crippen LogP contribution in [-0.4, -0.2) is 28.2 Å². The minimum atomic E-state index is -3.58. The molecule has 0 aromatic heterocycles. The standard InChI is InChI=1S/C21H27NO4S/c1-17(2)13-16-26-19-7-11-21(12-8-19)27(23,24)20-9-5-18(6-10-20)25-15-4-3-14-22/h5-13H,3-4,14-16,22H2,1-2H3. The highest BCUT2D eigenvalue weighted by Gasteiger charge is 2.17. The van der Waals surface area contributed by atoms with Gasteiger partial charge in [0.05, 0.1) is 16.4 Å². The van der Waals surface area contributed by atoms with Crippen LogP contribution in [0.5, 0.6) is 11.5 Å². The zero-order chi connectivity index (χ0) is 19.7. The number of allylic oxidation sites excluding steroid dienone is 1. The summed E-state index contributed by atoms with van der Waals surface area (Å²) in [7, 11) is -3.58. The van der Waals surface area contributed by atoms with Gasteiger partial charge >= 0.3 is 0 Å². The molecule has 0 fully saturated rings. The summed E-state index contributed by atoms with van der Waals surface area (Å²) in [5.74, 6) is 1.28. The molecule has 2 aromatic rings. The molecule has 0 saturated heterocycles. The molecule has 2 rings (SSSR count). The van der Waals surface area contributed by atoms with Gasteiger partial charge < -0.3 is 15.2 Å². The molecule has 2 aromatic carbocycles. The van der Waals surface area contributed by atoms with Crippen molar-refractivity contribution < 1.29 is 17.9 Å². The van der Waals surface area contributed by atoms with Crippen LogP contribution in [-0.2, 0) is 9.84 Å². The Morgan fingerprint density at radius 3 is 1.89 bits per heavy atom. The van der Waals surface area contributed by atoms with Gasteiger partial charge in [-0.3, -0.25) is 0 Å². The van der Waals surface area contributed by atoms with Crippen LogP contribution in [0.2, 0.25) is 0 Å². The fraction of sp³-hybridized carbons (Fsp3) is 0.333. The second-order valence-electron chi connectivity index (χ2n) is 6.38. The van der Waals surface area contributed by atoms with Gasteiger partial charge in [-0.25, -0.2) is 8.42 Å². The van der Waals surface area contributed by atoms with Crippen molar-refractivity contribution >= 4 is 9.84 Å². The Bertz CT molecular complexity index is 837. The predicted octanol–water partition coefficient (Wildman–Crippen LogP) is 3.98. The molecule has 5 nitrogen and oxygen atoms in total. The van der Waals surface area contributed by atoms with Gasteiger partial charge in [0, 0.05) is 0 Å². The fourth-order valence-corrected chi connectivity index (χ4v) is 3.57. The van der Waals surface area contributed by atoms with Crippen LogP contribution < -0.4 is 15.2 Å². The second kappa shape index (κ2) is 10.1. The Morgan fingerprint density at radius 1 is 0.889 bits per heavy atom. The molecule has 2 N–H and O–H groups in total. The maximum atomic E-state index is 12.8. The van der Waals surface area contributed by atoms with Crippen LogP contribution in [0.15, 0.2) is 70.0 Å². The van der Waals surface area contributed by atoms with Crippen molar-refractivity contribution in [3.05, 3.63) is 60.2 Å². The maximum Gasteiger partial charge on any atom is 0.206 e. The molecule has 0 aliphatic carbocycles. The lowest BCUT2D eigenvalue weighted by molar-refractivity contribution is 0.307. The van der Waals surface area contributed by atoms with Crippen molar-refractivity contribution in [1.29, 1.82) is 0 Å². The van der Waals surface area contributed by atoms with E-state index in [0.29, 0.717) is 31.3 Å². The molecule has 0 heterocycles. The highest BCUT2D eigenvalue weighted by molar-refractivity contribution is 7.91. The van der Waals surface area contributed by atoms with Gasteiger partial charge in [-0.1, -0.05) is 5.57 Å². The molecule has 0 unspecified atom stereocenters. The number of hydrogen-bond donors (Lipinski definition) is 1.